The fourth-order valence-electron chi connectivity index (χ4n) is 1.85. The van der Waals surface area contributed by atoms with E-state index in [-0.39, 0.29) is 19.6 Å². The van der Waals surface area contributed by atoms with Crippen LogP contribution in [0.4, 0.5) is 0 Å². The summed E-state index contributed by atoms with van der Waals surface area (Å²) in [7, 11) is 3.83. The van der Waals surface area contributed by atoms with Crippen molar-refractivity contribution in [2.24, 2.45) is 0 Å². The minimum Gasteiger partial charge on any atom is -0.463 e. The lowest BCUT2D eigenvalue weighted by atomic mass is 10.1. The molecule has 1 heterocycles. The number of hydrogen-bond donors (Lipinski definition) is 3. The van der Waals surface area contributed by atoms with E-state index in [0.717, 1.165) is 6.54 Å². The minimum atomic E-state index is -1.15. The van der Waals surface area contributed by atoms with Gasteiger partial charge in [-0.2, -0.15) is 0 Å². The predicted octanol–water partition coefficient (Wildman–Crippen LogP) is -1.65. The highest BCUT2D eigenvalue weighted by molar-refractivity contribution is 5.69. The molecular formula is C12H23NO6. The van der Waals surface area contributed by atoms with E-state index in [9.17, 15) is 20.1 Å². The van der Waals surface area contributed by atoms with Gasteiger partial charge in [0, 0.05) is 6.42 Å². The number of esters is 1. The Hall–Kier alpha value is -0.730. The molecule has 0 radical (unpaired) electrons. The lowest BCUT2D eigenvalue weighted by molar-refractivity contribution is -0.151. The van der Waals surface area contributed by atoms with Gasteiger partial charge in [-0.25, -0.2) is 0 Å². The Morgan fingerprint density at radius 2 is 2.16 bits per heavy atom. The Bertz CT molecular complexity index is 285. The monoisotopic (exact) mass is 277 g/mol. The lowest BCUT2D eigenvalue weighted by Gasteiger charge is -2.20. The number of ether oxygens (including phenoxy) is 2. The fourth-order valence-corrected chi connectivity index (χ4v) is 1.85. The average molecular weight is 277 g/mol. The molecule has 0 saturated carbocycles. The van der Waals surface area contributed by atoms with Crippen LogP contribution in [0, 0.1) is 0 Å². The third-order valence-corrected chi connectivity index (χ3v) is 2.97. The molecule has 0 aromatic heterocycles. The largest absolute Gasteiger partial charge is 0.463 e. The molecule has 4 atom stereocenters. The maximum Gasteiger partial charge on any atom is 0.305 e. The van der Waals surface area contributed by atoms with Gasteiger partial charge in [0.1, 0.15) is 31.0 Å². The van der Waals surface area contributed by atoms with Gasteiger partial charge in [-0.1, -0.05) is 0 Å². The Morgan fingerprint density at radius 3 is 2.68 bits per heavy atom. The van der Waals surface area contributed by atoms with Crippen LogP contribution in [0.15, 0.2) is 0 Å². The summed E-state index contributed by atoms with van der Waals surface area (Å²) in [4.78, 5) is 13.3. The van der Waals surface area contributed by atoms with E-state index in [2.05, 4.69) is 0 Å². The van der Waals surface area contributed by atoms with Gasteiger partial charge in [0.15, 0.2) is 0 Å². The van der Waals surface area contributed by atoms with Crippen LogP contribution in [-0.4, -0.2) is 84.5 Å². The first-order chi connectivity index (χ1) is 8.91. The van der Waals surface area contributed by atoms with E-state index in [0.29, 0.717) is 6.42 Å². The second-order valence-corrected chi connectivity index (χ2v) is 5.01. The Labute approximate surface area is 112 Å². The van der Waals surface area contributed by atoms with Crippen molar-refractivity contribution in [1.29, 1.82) is 0 Å². The standard InChI is InChI=1S/C12H23NO6/c1-13(2)5-3-4-10(16)18-7-9(15)12-11(17)8(14)6-19-12/h8-9,11-12,14-15,17H,3-7H2,1-2H3/t8-,9+,11+,12?/m0/s1. The van der Waals surface area contributed by atoms with Crippen LogP contribution in [0.25, 0.3) is 0 Å². The molecule has 19 heavy (non-hydrogen) atoms. The molecule has 1 rings (SSSR count). The van der Waals surface area contributed by atoms with Gasteiger partial charge >= 0.3 is 5.97 Å². The van der Waals surface area contributed by atoms with E-state index in [4.69, 9.17) is 9.47 Å². The highest BCUT2D eigenvalue weighted by atomic mass is 16.6. The molecule has 0 bridgehead atoms. The van der Waals surface area contributed by atoms with Crippen molar-refractivity contribution in [3.05, 3.63) is 0 Å². The molecule has 7 heteroatoms. The van der Waals surface area contributed by atoms with Gasteiger partial charge in [-0.05, 0) is 27.1 Å². The molecule has 7 nitrogen and oxygen atoms in total. The zero-order chi connectivity index (χ0) is 14.4. The molecule has 0 amide bonds. The van der Waals surface area contributed by atoms with Crippen LogP contribution in [0.3, 0.4) is 0 Å². The summed E-state index contributed by atoms with van der Waals surface area (Å²) in [6.07, 6.45) is -3.24. The summed E-state index contributed by atoms with van der Waals surface area (Å²) in [6, 6.07) is 0. The topological polar surface area (TPSA) is 99.5 Å². The van der Waals surface area contributed by atoms with Crippen molar-refractivity contribution in [1.82, 2.24) is 4.90 Å². The molecule has 0 aliphatic carbocycles. The molecule has 1 saturated heterocycles. The van der Waals surface area contributed by atoms with Gasteiger partial charge < -0.3 is 29.7 Å². The third kappa shape index (κ3) is 5.42. The van der Waals surface area contributed by atoms with E-state index in [1.165, 1.54) is 0 Å². The first-order valence-corrected chi connectivity index (χ1v) is 6.38. The number of nitrogens with zero attached hydrogens (tertiary/aromatic N) is 1. The number of rotatable bonds is 7. The molecule has 3 N–H and O–H groups in total. The van der Waals surface area contributed by atoms with Crippen LogP contribution < -0.4 is 0 Å². The van der Waals surface area contributed by atoms with Crippen LogP contribution in [0.1, 0.15) is 12.8 Å². The number of hydrogen-bond acceptors (Lipinski definition) is 7. The van der Waals surface area contributed by atoms with Crippen molar-refractivity contribution < 1.29 is 29.6 Å². The zero-order valence-corrected chi connectivity index (χ0v) is 11.4. The quantitative estimate of drug-likeness (QED) is 0.480. The number of aliphatic hydroxyl groups excluding tert-OH is 3. The third-order valence-electron chi connectivity index (χ3n) is 2.97. The summed E-state index contributed by atoms with van der Waals surface area (Å²) < 4.78 is 9.94. The molecule has 0 aromatic rings. The Kier molecular flexibility index (Phi) is 6.67. The normalized spacial score (nSPS) is 28.6. The average Bonchev–Trinajstić information content (AvgIpc) is 2.67. The molecular weight excluding hydrogens is 254 g/mol. The molecule has 1 fully saturated rings. The first kappa shape index (κ1) is 16.3. The summed E-state index contributed by atoms with van der Waals surface area (Å²) in [6.45, 7) is 0.517. The van der Waals surface area contributed by atoms with Crippen molar-refractivity contribution in [3.63, 3.8) is 0 Å². The maximum atomic E-state index is 11.4. The molecule has 1 unspecified atom stereocenters. The lowest BCUT2D eigenvalue weighted by Crippen LogP contribution is -2.41. The van der Waals surface area contributed by atoms with Crippen molar-refractivity contribution in [2.75, 3.05) is 33.9 Å². The van der Waals surface area contributed by atoms with E-state index >= 15 is 0 Å². The molecule has 1 aliphatic heterocycles. The predicted molar refractivity (Wildman–Crippen MR) is 66.5 cm³/mol. The van der Waals surface area contributed by atoms with Gasteiger partial charge in [-0.15, -0.1) is 0 Å². The van der Waals surface area contributed by atoms with Crippen LogP contribution in [0.2, 0.25) is 0 Å². The maximum absolute atomic E-state index is 11.4. The highest BCUT2D eigenvalue weighted by Gasteiger charge is 2.39. The van der Waals surface area contributed by atoms with Crippen LogP contribution in [-0.2, 0) is 14.3 Å². The number of carbonyl (C=O) groups is 1. The first-order valence-electron chi connectivity index (χ1n) is 6.38. The number of carbonyl (C=O) groups excluding carboxylic acids is 1. The summed E-state index contributed by atoms with van der Waals surface area (Å²) in [5.41, 5.74) is 0. The summed E-state index contributed by atoms with van der Waals surface area (Å²) >= 11 is 0. The zero-order valence-electron chi connectivity index (χ0n) is 11.4. The smallest absolute Gasteiger partial charge is 0.305 e. The molecule has 1 aliphatic rings. The fraction of sp³-hybridized carbons (Fsp3) is 0.917. The van der Waals surface area contributed by atoms with Gasteiger partial charge in [0.25, 0.3) is 0 Å². The SMILES string of the molecule is CN(C)CCCC(=O)OC[C@@H](O)C1OC[C@H](O)[C@H]1O. The van der Waals surface area contributed by atoms with Gasteiger partial charge in [0.2, 0.25) is 0 Å². The summed E-state index contributed by atoms with van der Waals surface area (Å²) in [5, 5.41) is 28.5. The second-order valence-electron chi connectivity index (χ2n) is 5.01. The molecule has 112 valence electrons. The van der Waals surface area contributed by atoms with E-state index < -0.39 is 30.4 Å². The van der Waals surface area contributed by atoms with E-state index in [1.54, 1.807) is 0 Å². The highest BCUT2D eigenvalue weighted by Crippen LogP contribution is 2.17. The molecule has 0 aromatic carbocycles. The van der Waals surface area contributed by atoms with Crippen molar-refractivity contribution >= 4 is 5.97 Å². The van der Waals surface area contributed by atoms with Crippen LogP contribution >= 0.6 is 0 Å². The van der Waals surface area contributed by atoms with Crippen molar-refractivity contribution in [2.45, 2.75) is 37.3 Å². The Morgan fingerprint density at radius 1 is 1.47 bits per heavy atom. The van der Waals surface area contributed by atoms with Crippen molar-refractivity contribution in [3.8, 4) is 0 Å². The second kappa shape index (κ2) is 7.76. The summed E-state index contributed by atoms with van der Waals surface area (Å²) in [5.74, 6) is -0.395. The van der Waals surface area contributed by atoms with Gasteiger partial charge in [0.05, 0.1) is 6.61 Å². The molecule has 0 spiro atoms. The minimum absolute atomic E-state index is 0.0281. The van der Waals surface area contributed by atoms with E-state index in [1.807, 2.05) is 19.0 Å². The Balaban J connectivity index is 2.19. The number of aliphatic hydroxyl groups is 3. The van der Waals surface area contributed by atoms with Gasteiger partial charge in [-0.3, -0.25) is 4.79 Å². The van der Waals surface area contributed by atoms with Crippen LogP contribution in [0.5, 0.6) is 0 Å².